The summed E-state index contributed by atoms with van der Waals surface area (Å²) in [6.45, 7) is 2.16. The van der Waals surface area contributed by atoms with Crippen LogP contribution in [0.15, 0.2) is 24.5 Å². The standard InChI is InChI=1S/C17H22N4O3/c1-3-4-5-6-11-7-8-13(16(23-2)15(11)18)24-14-10-20-12(9-21-14)17(19)22/h7-10H,3-6,18H2,1-2H3,(H2,19,22). The van der Waals surface area contributed by atoms with E-state index in [-0.39, 0.29) is 11.6 Å². The van der Waals surface area contributed by atoms with Gasteiger partial charge in [-0.25, -0.2) is 9.97 Å². The maximum Gasteiger partial charge on any atom is 0.268 e. The van der Waals surface area contributed by atoms with Crippen molar-refractivity contribution >= 4 is 11.6 Å². The summed E-state index contributed by atoms with van der Waals surface area (Å²) in [6.07, 6.45) is 6.85. The first-order valence-corrected chi connectivity index (χ1v) is 7.81. The number of nitrogens with two attached hydrogens (primary N) is 2. The van der Waals surface area contributed by atoms with Gasteiger partial charge >= 0.3 is 0 Å². The summed E-state index contributed by atoms with van der Waals surface area (Å²) in [7, 11) is 1.54. The first-order valence-electron chi connectivity index (χ1n) is 7.81. The Kier molecular flexibility index (Phi) is 5.95. The lowest BCUT2D eigenvalue weighted by Gasteiger charge is -2.14. The van der Waals surface area contributed by atoms with Crippen LogP contribution in [-0.4, -0.2) is 23.0 Å². The maximum absolute atomic E-state index is 11.0. The molecule has 0 aliphatic rings. The Balaban J connectivity index is 2.20. The molecule has 7 heteroatoms. The molecule has 128 valence electrons. The SMILES string of the molecule is CCCCCc1ccc(Oc2cnc(C(N)=O)cn2)c(OC)c1N. The summed E-state index contributed by atoms with van der Waals surface area (Å²) >= 11 is 0. The van der Waals surface area contributed by atoms with E-state index in [9.17, 15) is 4.79 Å². The molecule has 0 bridgehead atoms. The zero-order valence-corrected chi connectivity index (χ0v) is 13.9. The number of nitrogens with zero attached hydrogens (tertiary/aromatic N) is 2. The second kappa shape index (κ2) is 8.14. The minimum absolute atomic E-state index is 0.0695. The van der Waals surface area contributed by atoms with E-state index in [4.69, 9.17) is 20.9 Å². The topological polar surface area (TPSA) is 113 Å². The lowest BCUT2D eigenvalue weighted by molar-refractivity contribution is 0.0995. The van der Waals surface area contributed by atoms with Gasteiger partial charge in [0, 0.05) is 0 Å². The molecule has 0 fully saturated rings. The largest absolute Gasteiger partial charge is 0.491 e. The van der Waals surface area contributed by atoms with E-state index in [0.717, 1.165) is 31.2 Å². The molecule has 0 atom stereocenters. The Morgan fingerprint density at radius 2 is 2.00 bits per heavy atom. The van der Waals surface area contributed by atoms with Crippen molar-refractivity contribution in [1.82, 2.24) is 9.97 Å². The van der Waals surface area contributed by atoms with Crippen LogP contribution in [0.4, 0.5) is 5.69 Å². The van der Waals surface area contributed by atoms with Gasteiger partial charge in [-0.3, -0.25) is 4.79 Å². The molecule has 0 saturated carbocycles. The molecule has 0 saturated heterocycles. The van der Waals surface area contributed by atoms with Crippen LogP contribution in [0.5, 0.6) is 17.4 Å². The number of methoxy groups -OCH3 is 1. The van der Waals surface area contributed by atoms with Gasteiger partial charge in [0.1, 0.15) is 5.69 Å². The summed E-state index contributed by atoms with van der Waals surface area (Å²) < 4.78 is 11.1. The average molecular weight is 330 g/mol. The van der Waals surface area contributed by atoms with Crippen molar-refractivity contribution in [2.45, 2.75) is 32.6 Å². The molecule has 2 aromatic rings. The van der Waals surface area contributed by atoms with Crippen LogP contribution >= 0.6 is 0 Å². The molecule has 0 unspecified atom stereocenters. The minimum atomic E-state index is -0.646. The highest BCUT2D eigenvalue weighted by molar-refractivity contribution is 5.90. The second-order valence-electron chi connectivity index (χ2n) is 5.33. The first kappa shape index (κ1) is 17.5. The molecule has 0 aliphatic carbocycles. The smallest absolute Gasteiger partial charge is 0.268 e. The number of rotatable bonds is 8. The third-order valence-electron chi connectivity index (χ3n) is 3.60. The van der Waals surface area contributed by atoms with Crippen LogP contribution in [0.1, 0.15) is 42.2 Å². The van der Waals surface area contributed by atoms with E-state index in [1.165, 1.54) is 19.5 Å². The second-order valence-corrected chi connectivity index (χ2v) is 5.33. The number of unbranched alkanes of at least 4 members (excludes halogenated alkanes) is 2. The van der Waals surface area contributed by atoms with Crippen LogP contribution < -0.4 is 20.9 Å². The Bertz CT molecular complexity index is 702. The van der Waals surface area contributed by atoms with Crippen molar-refractivity contribution in [1.29, 1.82) is 0 Å². The summed E-state index contributed by atoms with van der Waals surface area (Å²) in [5.74, 6) is 0.476. The van der Waals surface area contributed by atoms with Gasteiger partial charge in [-0.1, -0.05) is 25.8 Å². The van der Waals surface area contributed by atoms with Crippen molar-refractivity contribution in [3.8, 4) is 17.4 Å². The van der Waals surface area contributed by atoms with E-state index >= 15 is 0 Å². The van der Waals surface area contributed by atoms with Gasteiger partial charge in [0.15, 0.2) is 11.5 Å². The summed E-state index contributed by atoms with van der Waals surface area (Å²) in [6, 6.07) is 3.72. The highest BCUT2D eigenvalue weighted by Gasteiger charge is 2.14. The first-order chi connectivity index (χ1) is 11.6. The Morgan fingerprint density at radius 1 is 1.21 bits per heavy atom. The number of aryl methyl sites for hydroxylation is 1. The molecule has 1 amide bonds. The highest BCUT2D eigenvalue weighted by atomic mass is 16.5. The van der Waals surface area contributed by atoms with Gasteiger partial charge in [-0.15, -0.1) is 0 Å². The molecule has 0 spiro atoms. The van der Waals surface area contributed by atoms with Gasteiger partial charge in [0.25, 0.3) is 5.91 Å². The molecule has 1 heterocycles. The lowest BCUT2D eigenvalue weighted by atomic mass is 10.0. The third-order valence-corrected chi connectivity index (χ3v) is 3.60. The van der Waals surface area contributed by atoms with E-state index in [1.54, 1.807) is 6.07 Å². The predicted octanol–water partition coefficient (Wildman–Crippen LogP) is 2.69. The number of benzene rings is 1. The maximum atomic E-state index is 11.0. The molecule has 4 N–H and O–H groups in total. The summed E-state index contributed by atoms with van der Waals surface area (Å²) in [5, 5.41) is 0. The fourth-order valence-corrected chi connectivity index (χ4v) is 2.30. The molecular formula is C17H22N4O3. The molecule has 0 aliphatic heterocycles. The zero-order valence-electron chi connectivity index (χ0n) is 13.9. The predicted molar refractivity (Wildman–Crippen MR) is 91.3 cm³/mol. The van der Waals surface area contributed by atoms with Gasteiger partial charge in [0.05, 0.1) is 25.2 Å². The van der Waals surface area contributed by atoms with Crippen LogP contribution in [0.25, 0.3) is 0 Å². The lowest BCUT2D eigenvalue weighted by Crippen LogP contribution is -2.13. The Morgan fingerprint density at radius 3 is 2.58 bits per heavy atom. The number of nitrogen functional groups attached to an aromatic ring is 1. The van der Waals surface area contributed by atoms with Gasteiger partial charge in [-0.05, 0) is 24.5 Å². The van der Waals surface area contributed by atoms with Gasteiger partial charge in [0.2, 0.25) is 5.88 Å². The Labute approximate surface area is 141 Å². The van der Waals surface area contributed by atoms with E-state index in [2.05, 4.69) is 16.9 Å². The molecular weight excluding hydrogens is 308 g/mol. The van der Waals surface area contributed by atoms with Gasteiger partial charge < -0.3 is 20.9 Å². The fourth-order valence-electron chi connectivity index (χ4n) is 2.30. The number of ether oxygens (including phenoxy) is 2. The van der Waals surface area contributed by atoms with Crippen molar-refractivity contribution < 1.29 is 14.3 Å². The molecule has 24 heavy (non-hydrogen) atoms. The van der Waals surface area contributed by atoms with E-state index in [1.807, 2.05) is 6.07 Å². The van der Waals surface area contributed by atoms with Crippen molar-refractivity contribution in [3.63, 3.8) is 0 Å². The number of aromatic nitrogens is 2. The number of carbonyl (C=O) groups excluding carboxylic acids is 1. The molecule has 0 radical (unpaired) electrons. The molecule has 1 aromatic heterocycles. The molecule has 7 nitrogen and oxygen atoms in total. The van der Waals surface area contributed by atoms with Crippen LogP contribution in [0.3, 0.4) is 0 Å². The fraction of sp³-hybridized carbons (Fsp3) is 0.353. The zero-order chi connectivity index (χ0) is 17.5. The number of primary amides is 1. The average Bonchev–Trinajstić information content (AvgIpc) is 2.58. The summed E-state index contributed by atoms with van der Waals surface area (Å²) in [4.78, 5) is 18.9. The number of amides is 1. The number of hydrogen-bond donors (Lipinski definition) is 2. The van der Waals surface area contributed by atoms with Crippen LogP contribution in [0.2, 0.25) is 0 Å². The van der Waals surface area contributed by atoms with Gasteiger partial charge in [-0.2, -0.15) is 0 Å². The Hall–Kier alpha value is -2.83. The highest BCUT2D eigenvalue weighted by Crippen LogP contribution is 2.38. The van der Waals surface area contributed by atoms with Crippen molar-refractivity contribution in [2.75, 3.05) is 12.8 Å². The third kappa shape index (κ3) is 4.13. The van der Waals surface area contributed by atoms with E-state index in [0.29, 0.717) is 17.2 Å². The van der Waals surface area contributed by atoms with Crippen LogP contribution in [0, 0.1) is 0 Å². The number of hydrogen-bond acceptors (Lipinski definition) is 6. The molecule has 2 rings (SSSR count). The monoisotopic (exact) mass is 330 g/mol. The minimum Gasteiger partial charge on any atom is -0.491 e. The van der Waals surface area contributed by atoms with Crippen molar-refractivity contribution in [2.24, 2.45) is 5.73 Å². The summed E-state index contributed by atoms with van der Waals surface area (Å²) in [5.41, 5.74) is 13.0. The van der Waals surface area contributed by atoms with Crippen molar-refractivity contribution in [3.05, 3.63) is 35.8 Å². The number of anilines is 1. The van der Waals surface area contributed by atoms with Crippen LogP contribution in [-0.2, 0) is 6.42 Å². The number of carbonyl (C=O) groups is 1. The van der Waals surface area contributed by atoms with E-state index < -0.39 is 5.91 Å². The normalized spacial score (nSPS) is 10.4. The molecule has 1 aromatic carbocycles. The quantitative estimate of drug-likeness (QED) is 0.568.